The molecule has 45 heavy (non-hydrogen) atoms. The van der Waals surface area contributed by atoms with Crippen LogP contribution in [0.15, 0.2) is 124 Å². The summed E-state index contributed by atoms with van der Waals surface area (Å²) < 4.78 is 0. The molecule has 3 unspecified atom stereocenters. The molecule has 1 fully saturated rings. The third kappa shape index (κ3) is 4.09. The summed E-state index contributed by atoms with van der Waals surface area (Å²) in [7, 11) is 0. The van der Waals surface area contributed by atoms with Gasteiger partial charge in [0.15, 0.2) is 6.17 Å². The molecule has 3 atom stereocenters. The molecule has 0 bridgehead atoms. The predicted octanol–water partition coefficient (Wildman–Crippen LogP) is 9.64. The summed E-state index contributed by atoms with van der Waals surface area (Å²) in [5.41, 5.74) is 12.6. The van der Waals surface area contributed by atoms with E-state index in [9.17, 15) is 0 Å². The Morgan fingerprint density at radius 2 is 1.58 bits per heavy atom. The lowest BCUT2D eigenvalue weighted by Gasteiger charge is -2.41. The Labute approximate surface area is 267 Å². The summed E-state index contributed by atoms with van der Waals surface area (Å²) in [5, 5.41) is 3.65. The van der Waals surface area contributed by atoms with Crippen LogP contribution in [0.2, 0.25) is 0 Å². The van der Waals surface area contributed by atoms with Gasteiger partial charge in [-0.25, -0.2) is 9.98 Å². The zero-order chi connectivity index (χ0) is 30.2. The molecule has 224 valence electrons. The van der Waals surface area contributed by atoms with E-state index in [1.54, 1.807) is 11.1 Å². The average molecular weight is 588 g/mol. The van der Waals surface area contributed by atoms with Crippen molar-refractivity contribution in [2.75, 3.05) is 0 Å². The maximum Gasteiger partial charge on any atom is 0.169 e. The van der Waals surface area contributed by atoms with Gasteiger partial charge in [0.2, 0.25) is 0 Å². The standard InChI is InChI=1S/C42H41N3/c1-41(2)35-24-29(40-44-38(27-14-6-3-7-15-27)43-39(45-40)28-16-8-4-9-17-28)20-21-31(35)32-26-37-33(25-36(32)41)30-18-10-11-19-34(30)42(37)22-12-5-13-23-42/h3,6-8,10-11,14-21,24-26,33,37-38H,4-5,9,12-13,22-23H2,1-2H3,(H,43,44,45). The van der Waals surface area contributed by atoms with Crippen molar-refractivity contribution in [1.29, 1.82) is 0 Å². The van der Waals surface area contributed by atoms with Crippen LogP contribution < -0.4 is 5.32 Å². The van der Waals surface area contributed by atoms with Crippen LogP contribution in [0.5, 0.6) is 0 Å². The van der Waals surface area contributed by atoms with Crippen LogP contribution >= 0.6 is 0 Å². The van der Waals surface area contributed by atoms with Gasteiger partial charge in [0, 0.05) is 27.9 Å². The molecule has 6 aliphatic rings. The zero-order valence-electron chi connectivity index (χ0n) is 26.4. The van der Waals surface area contributed by atoms with E-state index in [-0.39, 0.29) is 17.0 Å². The Kier molecular flexibility index (Phi) is 6.11. The molecule has 1 N–H and O–H groups in total. The van der Waals surface area contributed by atoms with Crippen LogP contribution in [-0.4, -0.2) is 11.7 Å². The van der Waals surface area contributed by atoms with Gasteiger partial charge in [-0.3, -0.25) is 0 Å². The van der Waals surface area contributed by atoms with Crippen LogP contribution in [0.3, 0.4) is 0 Å². The number of hydrogen-bond donors (Lipinski definition) is 1. The molecule has 0 radical (unpaired) electrons. The number of amidine groups is 2. The Morgan fingerprint density at radius 1 is 0.778 bits per heavy atom. The molecule has 9 rings (SSSR count). The molecule has 1 saturated carbocycles. The van der Waals surface area contributed by atoms with E-state index in [0.717, 1.165) is 41.2 Å². The molecular formula is C42H41N3. The fraction of sp³-hybridized carbons (Fsp3) is 0.333. The Morgan fingerprint density at radius 3 is 2.40 bits per heavy atom. The van der Waals surface area contributed by atoms with Crippen molar-refractivity contribution in [3.8, 4) is 0 Å². The summed E-state index contributed by atoms with van der Waals surface area (Å²) in [6.45, 7) is 4.85. The number of nitrogens with one attached hydrogen (secondary N) is 1. The number of fused-ring (bicyclic) bond motifs is 8. The van der Waals surface area contributed by atoms with E-state index in [1.807, 2.05) is 0 Å². The second-order valence-electron chi connectivity index (χ2n) is 14.4. The summed E-state index contributed by atoms with van der Waals surface area (Å²) >= 11 is 0. The summed E-state index contributed by atoms with van der Waals surface area (Å²) in [4.78, 5) is 10.3. The first-order chi connectivity index (χ1) is 22.0. The van der Waals surface area contributed by atoms with Crippen LogP contribution in [-0.2, 0) is 10.8 Å². The van der Waals surface area contributed by atoms with E-state index in [2.05, 4.69) is 122 Å². The molecule has 3 aromatic carbocycles. The number of rotatable bonds is 3. The van der Waals surface area contributed by atoms with Crippen LogP contribution in [0.25, 0.3) is 5.57 Å². The Hall–Kier alpha value is -4.24. The first-order valence-electron chi connectivity index (χ1n) is 17.1. The van der Waals surface area contributed by atoms with Crippen LogP contribution in [0.4, 0.5) is 0 Å². The average Bonchev–Trinajstić information content (AvgIpc) is 3.49. The zero-order valence-corrected chi connectivity index (χ0v) is 26.4. The van der Waals surface area contributed by atoms with Gasteiger partial charge in [-0.15, -0.1) is 0 Å². The van der Waals surface area contributed by atoms with Gasteiger partial charge in [-0.05, 0) is 76.6 Å². The van der Waals surface area contributed by atoms with Crippen molar-refractivity contribution in [2.45, 2.75) is 81.7 Å². The lowest BCUT2D eigenvalue weighted by atomic mass is 9.62. The van der Waals surface area contributed by atoms with Gasteiger partial charge in [0.05, 0.1) is 0 Å². The van der Waals surface area contributed by atoms with Crippen LogP contribution in [0, 0.1) is 5.92 Å². The second-order valence-corrected chi connectivity index (χ2v) is 14.4. The van der Waals surface area contributed by atoms with Crippen molar-refractivity contribution >= 4 is 17.2 Å². The fourth-order valence-electron chi connectivity index (χ4n) is 9.41. The molecule has 3 aromatic rings. The minimum atomic E-state index is -0.269. The highest BCUT2D eigenvalue weighted by atomic mass is 15.2. The minimum Gasteiger partial charge on any atom is -0.324 e. The highest BCUT2D eigenvalue weighted by Gasteiger charge is 2.53. The monoisotopic (exact) mass is 587 g/mol. The molecule has 1 aliphatic heterocycles. The molecule has 0 aromatic heterocycles. The normalized spacial score (nSPS) is 26.7. The second kappa shape index (κ2) is 10.1. The van der Waals surface area contributed by atoms with E-state index < -0.39 is 0 Å². The minimum absolute atomic E-state index is 0.0843. The molecule has 0 amide bonds. The lowest BCUT2D eigenvalue weighted by molar-refractivity contribution is 0.233. The number of benzene rings is 3. The van der Waals surface area contributed by atoms with Crippen LogP contribution in [0.1, 0.15) is 104 Å². The van der Waals surface area contributed by atoms with Crippen molar-refractivity contribution in [1.82, 2.24) is 5.32 Å². The number of allylic oxidation sites excluding steroid dienone is 6. The maximum atomic E-state index is 5.20. The summed E-state index contributed by atoms with van der Waals surface area (Å²) in [6.07, 6.45) is 20.7. The van der Waals surface area contributed by atoms with Crippen molar-refractivity contribution < 1.29 is 0 Å². The Balaban J connectivity index is 1.13. The van der Waals surface area contributed by atoms with Gasteiger partial charge in [0.1, 0.15) is 11.7 Å². The van der Waals surface area contributed by atoms with Gasteiger partial charge < -0.3 is 5.32 Å². The van der Waals surface area contributed by atoms with Crippen molar-refractivity contribution in [3.63, 3.8) is 0 Å². The largest absolute Gasteiger partial charge is 0.324 e. The van der Waals surface area contributed by atoms with Gasteiger partial charge in [-0.1, -0.05) is 130 Å². The van der Waals surface area contributed by atoms with E-state index in [4.69, 9.17) is 9.98 Å². The summed E-state index contributed by atoms with van der Waals surface area (Å²) in [6, 6.07) is 27.0. The SMILES string of the molecule is CC1(C)C2=CC3c4ccccc4C4(CCCCC4)C3C=C2c2ccc(C3=NC(c4ccccc4)N=C(C4=CCCC=C4)N3)cc21. The topological polar surface area (TPSA) is 36.8 Å². The first-order valence-corrected chi connectivity index (χ1v) is 17.1. The van der Waals surface area contributed by atoms with E-state index in [1.165, 1.54) is 54.4 Å². The predicted molar refractivity (Wildman–Crippen MR) is 186 cm³/mol. The Bertz CT molecular complexity index is 1890. The molecule has 1 spiro atoms. The van der Waals surface area contributed by atoms with E-state index in [0.29, 0.717) is 11.8 Å². The molecule has 5 aliphatic carbocycles. The summed E-state index contributed by atoms with van der Waals surface area (Å²) in [5.74, 6) is 2.82. The quantitative estimate of drug-likeness (QED) is 0.325. The highest BCUT2D eigenvalue weighted by molar-refractivity contribution is 6.17. The number of hydrogen-bond acceptors (Lipinski definition) is 3. The van der Waals surface area contributed by atoms with E-state index >= 15 is 0 Å². The highest BCUT2D eigenvalue weighted by Crippen LogP contribution is 2.63. The van der Waals surface area contributed by atoms with Gasteiger partial charge >= 0.3 is 0 Å². The number of aliphatic imine (C=N–C) groups is 2. The molecule has 3 nitrogen and oxygen atoms in total. The maximum absolute atomic E-state index is 5.20. The molecule has 3 heteroatoms. The molecular weight excluding hydrogens is 546 g/mol. The first kappa shape index (κ1) is 27.1. The van der Waals surface area contributed by atoms with Gasteiger partial charge in [0.25, 0.3) is 0 Å². The third-order valence-corrected chi connectivity index (χ3v) is 11.6. The van der Waals surface area contributed by atoms with Crippen molar-refractivity contribution in [3.05, 3.63) is 148 Å². The smallest absolute Gasteiger partial charge is 0.169 e. The fourth-order valence-corrected chi connectivity index (χ4v) is 9.41. The third-order valence-electron chi connectivity index (χ3n) is 11.6. The number of nitrogens with zero attached hydrogens (tertiary/aromatic N) is 2. The molecule has 1 heterocycles. The molecule has 0 saturated heterocycles. The van der Waals surface area contributed by atoms with Gasteiger partial charge in [-0.2, -0.15) is 0 Å². The lowest BCUT2D eigenvalue weighted by Crippen LogP contribution is -2.36. The van der Waals surface area contributed by atoms with Crippen molar-refractivity contribution in [2.24, 2.45) is 15.9 Å².